The van der Waals surface area contributed by atoms with Crippen molar-refractivity contribution in [3.63, 3.8) is 0 Å². The molecule has 1 aliphatic heterocycles. The summed E-state index contributed by atoms with van der Waals surface area (Å²) in [7, 11) is 1.61. The number of methoxy groups -OCH3 is 1. The lowest BCUT2D eigenvalue weighted by Gasteiger charge is -2.27. The molecule has 3 aromatic rings. The molecule has 32 heavy (non-hydrogen) atoms. The summed E-state index contributed by atoms with van der Waals surface area (Å²) >= 11 is 0. The Labute approximate surface area is 186 Å². The van der Waals surface area contributed by atoms with Crippen LogP contribution in [0, 0.1) is 0 Å². The quantitative estimate of drug-likeness (QED) is 0.602. The van der Waals surface area contributed by atoms with Crippen LogP contribution in [0.3, 0.4) is 0 Å². The molecule has 1 fully saturated rings. The van der Waals surface area contributed by atoms with Crippen LogP contribution in [0.5, 0.6) is 5.75 Å². The smallest absolute Gasteiger partial charge is 0.270 e. The summed E-state index contributed by atoms with van der Waals surface area (Å²) < 4.78 is 16.5. The number of rotatable bonds is 6. The fourth-order valence-corrected chi connectivity index (χ4v) is 3.36. The number of furan rings is 1. The summed E-state index contributed by atoms with van der Waals surface area (Å²) in [4.78, 5) is 27.5. The Balaban J connectivity index is 1.60. The van der Waals surface area contributed by atoms with Gasteiger partial charge in [0.15, 0.2) is 0 Å². The minimum Gasteiger partial charge on any atom is -0.497 e. The lowest BCUT2D eigenvalue weighted by atomic mass is 10.2. The second-order valence-electron chi connectivity index (χ2n) is 7.21. The van der Waals surface area contributed by atoms with E-state index in [4.69, 9.17) is 13.9 Å². The van der Waals surface area contributed by atoms with Crippen LogP contribution in [0.2, 0.25) is 0 Å². The summed E-state index contributed by atoms with van der Waals surface area (Å²) in [5.74, 6) is 1.22. The maximum absolute atomic E-state index is 13.1. The molecular weight excluding hydrogens is 408 g/mol. The molecule has 2 heterocycles. The van der Waals surface area contributed by atoms with Crippen molar-refractivity contribution < 1.29 is 23.5 Å². The van der Waals surface area contributed by atoms with Crippen LogP contribution < -0.4 is 10.1 Å². The summed E-state index contributed by atoms with van der Waals surface area (Å²) in [6, 6.07) is 19.8. The first-order chi connectivity index (χ1) is 15.6. The highest BCUT2D eigenvalue weighted by atomic mass is 16.5. The van der Waals surface area contributed by atoms with Gasteiger partial charge in [0.2, 0.25) is 0 Å². The van der Waals surface area contributed by atoms with Crippen molar-refractivity contribution in [2.24, 2.45) is 0 Å². The molecule has 2 amide bonds. The van der Waals surface area contributed by atoms with E-state index >= 15 is 0 Å². The van der Waals surface area contributed by atoms with Gasteiger partial charge in [0.25, 0.3) is 11.8 Å². The molecule has 0 unspecified atom stereocenters. The van der Waals surface area contributed by atoms with Gasteiger partial charge in [-0.1, -0.05) is 18.2 Å². The van der Waals surface area contributed by atoms with Crippen molar-refractivity contribution in [2.45, 2.75) is 0 Å². The van der Waals surface area contributed by atoms with Gasteiger partial charge in [0, 0.05) is 30.3 Å². The average Bonchev–Trinajstić information content (AvgIpc) is 3.33. The minimum absolute atomic E-state index is 0.149. The molecule has 4 rings (SSSR count). The maximum Gasteiger partial charge on any atom is 0.270 e. The van der Waals surface area contributed by atoms with Gasteiger partial charge in [0.1, 0.15) is 23.0 Å². The number of nitrogens with one attached hydrogen (secondary N) is 1. The molecule has 1 aliphatic rings. The fourth-order valence-electron chi connectivity index (χ4n) is 3.36. The normalized spacial score (nSPS) is 14.2. The first-order valence-corrected chi connectivity index (χ1v) is 10.3. The first kappa shape index (κ1) is 21.4. The molecule has 2 aromatic carbocycles. The molecule has 1 saturated heterocycles. The Morgan fingerprint density at radius 1 is 0.969 bits per heavy atom. The lowest BCUT2D eigenvalue weighted by molar-refractivity contribution is -0.131. The molecule has 0 aliphatic carbocycles. The first-order valence-electron chi connectivity index (χ1n) is 10.3. The second kappa shape index (κ2) is 9.98. The van der Waals surface area contributed by atoms with Gasteiger partial charge in [-0.15, -0.1) is 0 Å². The molecular formula is C25H24N2O5. The highest BCUT2D eigenvalue weighted by molar-refractivity contribution is 6.05. The highest BCUT2D eigenvalue weighted by Crippen LogP contribution is 2.25. The second-order valence-corrected chi connectivity index (χ2v) is 7.21. The van der Waals surface area contributed by atoms with Crippen molar-refractivity contribution >= 4 is 17.9 Å². The van der Waals surface area contributed by atoms with Crippen LogP contribution in [-0.4, -0.2) is 50.1 Å². The van der Waals surface area contributed by atoms with Gasteiger partial charge in [-0.3, -0.25) is 9.59 Å². The number of ether oxygens (including phenoxy) is 2. The Kier molecular flexibility index (Phi) is 6.67. The van der Waals surface area contributed by atoms with E-state index in [1.54, 1.807) is 48.4 Å². The molecule has 0 bridgehead atoms. The monoisotopic (exact) mass is 432 g/mol. The van der Waals surface area contributed by atoms with Crippen molar-refractivity contribution in [3.8, 4) is 17.1 Å². The van der Waals surface area contributed by atoms with E-state index in [1.165, 1.54) is 0 Å². The fraction of sp³-hybridized carbons (Fsp3) is 0.200. The molecule has 0 spiro atoms. The lowest BCUT2D eigenvalue weighted by Crippen LogP contribution is -2.44. The summed E-state index contributed by atoms with van der Waals surface area (Å²) in [6.07, 6.45) is 1.56. The van der Waals surface area contributed by atoms with Gasteiger partial charge in [-0.25, -0.2) is 0 Å². The predicted octanol–water partition coefficient (Wildman–Crippen LogP) is 3.58. The molecule has 0 atom stereocenters. The SMILES string of the molecule is COc1ccc(-c2ccc(/C=C(\NC(=O)c3ccccc3)C(=O)N3CCOCC3)o2)cc1. The van der Waals surface area contributed by atoms with Crippen LogP contribution in [0.15, 0.2) is 76.8 Å². The summed E-state index contributed by atoms with van der Waals surface area (Å²) in [5.41, 5.74) is 1.49. The zero-order valence-electron chi connectivity index (χ0n) is 17.7. The molecule has 1 aromatic heterocycles. The number of amides is 2. The number of carbonyl (C=O) groups excluding carboxylic acids is 2. The molecule has 164 valence electrons. The molecule has 0 saturated carbocycles. The standard InChI is InChI=1S/C25H24N2O5/c1-30-20-9-7-18(8-10-20)23-12-11-21(32-23)17-22(25(29)27-13-15-31-16-14-27)26-24(28)19-5-3-2-4-6-19/h2-12,17H,13-16H2,1H3,(H,26,28)/b22-17-. The van der Waals surface area contributed by atoms with Crippen LogP contribution in [0.1, 0.15) is 16.1 Å². The van der Waals surface area contributed by atoms with Gasteiger partial charge in [-0.05, 0) is 48.5 Å². The summed E-state index contributed by atoms with van der Waals surface area (Å²) in [6.45, 7) is 1.86. The number of hydrogen-bond donors (Lipinski definition) is 1. The molecule has 7 nitrogen and oxygen atoms in total. The number of carbonyl (C=O) groups is 2. The topological polar surface area (TPSA) is 81.0 Å². The van der Waals surface area contributed by atoms with E-state index < -0.39 is 0 Å². The van der Waals surface area contributed by atoms with Crippen LogP contribution >= 0.6 is 0 Å². The van der Waals surface area contributed by atoms with E-state index in [9.17, 15) is 9.59 Å². The van der Waals surface area contributed by atoms with Gasteiger partial charge in [-0.2, -0.15) is 0 Å². The number of hydrogen-bond acceptors (Lipinski definition) is 5. The Morgan fingerprint density at radius 3 is 2.38 bits per heavy atom. The van der Waals surface area contributed by atoms with Gasteiger partial charge >= 0.3 is 0 Å². The number of nitrogens with zero attached hydrogens (tertiary/aromatic N) is 1. The van der Waals surface area contributed by atoms with Gasteiger partial charge in [0.05, 0.1) is 20.3 Å². The van der Waals surface area contributed by atoms with Crippen molar-refractivity contribution in [3.05, 3.63) is 83.8 Å². The average molecular weight is 432 g/mol. The third-order valence-electron chi connectivity index (χ3n) is 5.10. The zero-order chi connectivity index (χ0) is 22.3. The van der Waals surface area contributed by atoms with E-state index in [0.29, 0.717) is 43.4 Å². The molecule has 1 N–H and O–H groups in total. The highest BCUT2D eigenvalue weighted by Gasteiger charge is 2.23. The van der Waals surface area contributed by atoms with Crippen molar-refractivity contribution in [1.29, 1.82) is 0 Å². The number of morpholine rings is 1. The van der Waals surface area contributed by atoms with Crippen LogP contribution in [0.4, 0.5) is 0 Å². The Bertz CT molecular complexity index is 1100. The number of benzene rings is 2. The maximum atomic E-state index is 13.1. The third kappa shape index (κ3) is 5.07. The van der Waals surface area contributed by atoms with E-state index in [1.807, 2.05) is 36.4 Å². The third-order valence-corrected chi connectivity index (χ3v) is 5.10. The largest absolute Gasteiger partial charge is 0.497 e. The Morgan fingerprint density at radius 2 is 1.69 bits per heavy atom. The predicted molar refractivity (Wildman–Crippen MR) is 120 cm³/mol. The summed E-state index contributed by atoms with van der Waals surface area (Å²) in [5, 5.41) is 2.76. The minimum atomic E-state index is -0.361. The van der Waals surface area contributed by atoms with E-state index in [0.717, 1.165) is 11.3 Å². The van der Waals surface area contributed by atoms with Crippen molar-refractivity contribution in [1.82, 2.24) is 10.2 Å². The van der Waals surface area contributed by atoms with Crippen LogP contribution in [0.25, 0.3) is 17.4 Å². The molecule has 0 radical (unpaired) electrons. The molecule has 7 heteroatoms. The van der Waals surface area contributed by atoms with E-state index in [2.05, 4.69) is 5.32 Å². The van der Waals surface area contributed by atoms with Crippen LogP contribution in [-0.2, 0) is 9.53 Å². The zero-order valence-corrected chi connectivity index (χ0v) is 17.7. The van der Waals surface area contributed by atoms with Gasteiger partial charge < -0.3 is 24.1 Å². The van der Waals surface area contributed by atoms with Crippen molar-refractivity contribution in [2.75, 3.05) is 33.4 Å². The van der Waals surface area contributed by atoms with E-state index in [-0.39, 0.29) is 17.5 Å². The Hall–Kier alpha value is -3.84.